The number of nitriles is 2. The van der Waals surface area contributed by atoms with Crippen molar-refractivity contribution in [3.8, 4) is 23.6 Å². The predicted octanol–water partition coefficient (Wildman–Crippen LogP) is 7.47. The zero-order valence-corrected chi connectivity index (χ0v) is 28.5. The minimum Gasteiger partial charge on any atom is -0.444 e. The van der Waals surface area contributed by atoms with Gasteiger partial charge in [-0.1, -0.05) is 12.1 Å². The van der Waals surface area contributed by atoms with E-state index in [0.717, 1.165) is 0 Å². The minimum atomic E-state index is -1.47. The Morgan fingerprint density at radius 1 is 0.646 bits per heavy atom. The normalized spacial score (nSPS) is 13.9. The van der Waals surface area contributed by atoms with Crippen LogP contribution in [0.3, 0.4) is 0 Å². The Kier molecular flexibility index (Phi) is 13.2. The summed E-state index contributed by atoms with van der Waals surface area (Å²) in [4.78, 5) is 49.2. The van der Waals surface area contributed by atoms with Crippen molar-refractivity contribution in [1.29, 1.82) is 10.5 Å². The highest BCUT2D eigenvalue weighted by Crippen LogP contribution is 2.26. The van der Waals surface area contributed by atoms with Crippen LogP contribution in [-0.2, 0) is 19.1 Å². The van der Waals surface area contributed by atoms with Crippen molar-refractivity contribution in [2.24, 2.45) is 10.2 Å². The topological polar surface area (TPSA) is 202 Å². The highest BCUT2D eigenvalue weighted by molar-refractivity contribution is 5.86. The highest BCUT2D eigenvalue weighted by Gasteiger charge is 2.30. The number of hydrogen-bond acceptors (Lipinski definition) is 12. The van der Waals surface area contributed by atoms with Crippen LogP contribution in [0, 0.1) is 22.7 Å². The fourth-order valence-corrected chi connectivity index (χ4v) is 3.65. The first-order chi connectivity index (χ1) is 22.2. The SMILES string of the molecule is CC(C#N)(CCC(=O)Oc1cccc(NC(=O)OC(C)(C)C)c1)N=NC(C)(C#N)CCC(=O)Oc1cccc(NC(=O)OC(C)(C)C)c1. The zero-order valence-electron chi connectivity index (χ0n) is 28.5. The lowest BCUT2D eigenvalue weighted by Crippen LogP contribution is -2.27. The largest absolute Gasteiger partial charge is 0.444 e. The van der Waals surface area contributed by atoms with E-state index in [1.165, 1.54) is 38.1 Å². The zero-order chi connectivity index (χ0) is 36.2. The van der Waals surface area contributed by atoms with Crippen LogP contribution in [0.25, 0.3) is 0 Å². The van der Waals surface area contributed by atoms with Crippen molar-refractivity contribution in [3.63, 3.8) is 0 Å². The van der Waals surface area contributed by atoms with E-state index in [1.807, 2.05) is 12.1 Å². The molecule has 0 aliphatic heterocycles. The average molecular weight is 663 g/mol. The van der Waals surface area contributed by atoms with Crippen LogP contribution in [0.4, 0.5) is 21.0 Å². The molecule has 14 nitrogen and oxygen atoms in total. The Bertz CT molecular complexity index is 1480. The lowest BCUT2D eigenvalue weighted by Gasteiger charge is -2.20. The number of azo groups is 1. The Morgan fingerprint density at radius 2 is 1.00 bits per heavy atom. The summed E-state index contributed by atoms with van der Waals surface area (Å²) in [6, 6.07) is 16.3. The molecule has 2 aromatic carbocycles. The summed E-state index contributed by atoms with van der Waals surface area (Å²) < 4.78 is 21.2. The van der Waals surface area contributed by atoms with Crippen LogP contribution in [0.15, 0.2) is 58.8 Å². The monoisotopic (exact) mass is 662 g/mol. The van der Waals surface area contributed by atoms with E-state index >= 15 is 0 Å². The van der Waals surface area contributed by atoms with Crippen LogP contribution < -0.4 is 20.1 Å². The number of benzene rings is 2. The third-order valence-electron chi connectivity index (χ3n) is 6.03. The fourth-order valence-electron chi connectivity index (χ4n) is 3.65. The van der Waals surface area contributed by atoms with Gasteiger partial charge in [-0.3, -0.25) is 20.2 Å². The van der Waals surface area contributed by atoms with Crippen LogP contribution in [0.5, 0.6) is 11.5 Å². The summed E-state index contributed by atoms with van der Waals surface area (Å²) in [6.45, 7) is 13.3. The maximum Gasteiger partial charge on any atom is 0.412 e. The second-order valence-electron chi connectivity index (χ2n) is 13.2. The first-order valence-corrected chi connectivity index (χ1v) is 15.1. The molecule has 0 saturated heterocycles. The standard InChI is InChI=1S/C34H42N6O8/c1-31(2,3)47-29(43)37-23-11-9-13-25(19-23)45-27(41)15-17-33(7,21-35)39-40-34(8,22-36)18-16-28(42)46-26-14-10-12-24(20-26)38-30(44)48-32(4,5)6/h9-14,19-20H,15-18H2,1-8H3,(H,37,43)(H,38,44). The van der Waals surface area contributed by atoms with Crippen LogP contribution in [0.2, 0.25) is 0 Å². The van der Waals surface area contributed by atoms with E-state index in [1.54, 1.807) is 65.8 Å². The van der Waals surface area contributed by atoms with E-state index in [-0.39, 0.29) is 37.2 Å². The van der Waals surface area contributed by atoms with E-state index in [9.17, 15) is 29.7 Å². The van der Waals surface area contributed by atoms with Crippen molar-refractivity contribution in [2.75, 3.05) is 10.6 Å². The van der Waals surface area contributed by atoms with E-state index in [2.05, 4.69) is 20.9 Å². The highest BCUT2D eigenvalue weighted by atomic mass is 16.6. The second kappa shape index (κ2) is 16.4. The molecular weight excluding hydrogens is 620 g/mol. The number of hydrogen-bond donors (Lipinski definition) is 2. The molecule has 0 aliphatic carbocycles. The number of esters is 2. The van der Waals surface area contributed by atoms with Gasteiger partial charge in [0.2, 0.25) is 0 Å². The Hall–Kier alpha value is -5.50. The molecule has 0 fully saturated rings. The molecule has 0 spiro atoms. The second-order valence-corrected chi connectivity index (χ2v) is 13.2. The molecule has 2 amide bonds. The van der Waals surface area contributed by atoms with Gasteiger partial charge in [0.25, 0.3) is 0 Å². The Balaban J connectivity index is 1.93. The molecule has 48 heavy (non-hydrogen) atoms. The molecule has 2 atom stereocenters. The maximum absolute atomic E-state index is 12.6. The average Bonchev–Trinajstić information content (AvgIpc) is 2.96. The molecule has 2 rings (SSSR count). The van der Waals surface area contributed by atoms with Gasteiger partial charge in [-0.2, -0.15) is 20.8 Å². The van der Waals surface area contributed by atoms with Crippen LogP contribution in [-0.4, -0.2) is 46.4 Å². The van der Waals surface area contributed by atoms with Crippen molar-refractivity contribution >= 4 is 35.5 Å². The molecule has 0 radical (unpaired) electrons. The van der Waals surface area contributed by atoms with Crippen molar-refractivity contribution in [2.45, 2.75) is 103 Å². The Labute approximate surface area is 280 Å². The van der Waals surface area contributed by atoms with Gasteiger partial charge in [0.15, 0.2) is 11.1 Å². The van der Waals surface area contributed by atoms with Gasteiger partial charge in [0.1, 0.15) is 22.7 Å². The molecule has 0 aromatic heterocycles. The molecule has 0 bridgehead atoms. The lowest BCUT2D eigenvalue weighted by atomic mass is 9.97. The summed E-state index contributed by atoms with van der Waals surface area (Å²) in [6.07, 6.45) is -1.88. The van der Waals surface area contributed by atoms with Crippen LogP contribution in [0.1, 0.15) is 81.1 Å². The molecule has 2 unspecified atom stereocenters. The number of rotatable bonds is 12. The van der Waals surface area contributed by atoms with Gasteiger partial charge in [-0.25, -0.2) is 9.59 Å². The number of nitrogens with zero attached hydrogens (tertiary/aromatic N) is 4. The molecule has 0 saturated carbocycles. The van der Waals surface area contributed by atoms with Crippen molar-refractivity contribution < 1.29 is 38.1 Å². The fraction of sp³-hybridized carbons (Fsp3) is 0.471. The molecule has 0 heterocycles. The number of amides is 2. The third-order valence-corrected chi connectivity index (χ3v) is 6.03. The molecule has 2 aromatic rings. The number of ether oxygens (including phenoxy) is 4. The summed E-state index contributed by atoms with van der Waals surface area (Å²) >= 11 is 0. The molecule has 2 N–H and O–H groups in total. The number of carbonyl (C=O) groups excluding carboxylic acids is 4. The first kappa shape index (κ1) is 38.7. The summed E-state index contributed by atoms with van der Waals surface area (Å²) in [5, 5.41) is 32.8. The number of carbonyl (C=O) groups is 4. The molecular formula is C34H42N6O8. The quantitative estimate of drug-likeness (QED) is 0.130. The van der Waals surface area contributed by atoms with Gasteiger partial charge < -0.3 is 18.9 Å². The van der Waals surface area contributed by atoms with E-state index in [0.29, 0.717) is 11.4 Å². The predicted molar refractivity (Wildman–Crippen MR) is 175 cm³/mol. The maximum atomic E-state index is 12.6. The van der Waals surface area contributed by atoms with E-state index < -0.39 is 46.4 Å². The summed E-state index contributed by atoms with van der Waals surface area (Å²) in [5.41, 5.74) is -3.61. The van der Waals surface area contributed by atoms with E-state index in [4.69, 9.17) is 18.9 Å². The number of nitrogens with one attached hydrogen (secondary N) is 2. The van der Waals surface area contributed by atoms with Crippen molar-refractivity contribution in [3.05, 3.63) is 48.5 Å². The minimum absolute atomic E-state index is 0.0705. The van der Waals surface area contributed by atoms with Gasteiger partial charge >= 0.3 is 24.1 Å². The van der Waals surface area contributed by atoms with Crippen LogP contribution >= 0.6 is 0 Å². The van der Waals surface area contributed by atoms with Gasteiger partial charge in [0, 0.05) is 36.3 Å². The number of anilines is 2. The molecule has 256 valence electrons. The van der Waals surface area contributed by atoms with Gasteiger partial charge in [0.05, 0.1) is 12.1 Å². The van der Waals surface area contributed by atoms with Gasteiger partial charge in [-0.05, 0) is 92.5 Å². The Morgan fingerprint density at radius 3 is 1.31 bits per heavy atom. The first-order valence-electron chi connectivity index (χ1n) is 15.1. The third kappa shape index (κ3) is 14.7. The summed E-state index contributed by atoms with van der Waals surface area (Å²) in [7, 11) is 0. The molecule has 0 aliphatic rings. The summed E-state index contributed by atoms with van der Waals surface area (Å²) in [5.74, 6) is -0.970. The molecule has 14 heteroatoms. The van der Waals surface area contributed by atoms with Gasteiger partial charge in [-0.15, -0.1) is 0 Å². The lowest BCUT2D eigenvalue weighted by molar-refractivity contribution is -0.135. The smallest absolute Gasteiger partial charge is 0.412 e. The van der Waals surface area contributed by atoms with Crippen molar-refractivity contribution in [1.82, 2.24) is 0 Å².